The Labute approximate surface area is 163 Å². The molecule has 0 nitrogen and oxygen atoms in total. The van der Waals surface area contributed by atoms with Crippen LogP contribution in [0.25, 0.3) is 5.57 Å². The van der Waals surface area contributed by atoms with Gasteiger partial charge < -0.3 is 0 Å². The molecule has 1 aliphatic carbocycles. The van der Waals surface area contributed by atoms with Crippen LogP contribution in [-0.4, -0.2) is 0 Å². The number of hydrogen-bond acceptors (Lipinski definition) is 0. The summed E-state index contributed by atoms with van der Waals surface area (Å²) in [7, 11) is 0. The van der Waals surface area contributed by atoms with E-state index in [0.29, 0.717) is 5.41 Å². The van der Waals surface area contributed by atoms with Crippen molar-refractivity contribution < 1.29 is 0 Å². The normalized spacial score (nSPS) is 16.4. The van der Waals surface area contributed by atoms with Crippen LogP contribution in [0.2, 0.25) is 0 Å². The topological polar surface area (TPSA) is 0 Å². The molecule has 1 aromatic carbocycles. The molecule has 0 amide bonds. The van der Waals surface area contributed by atoms with Gasteiger partial charge in [0.1, 0.15) is 0 Å². The van der Waals surface area contributed by atoms with E-state index in [0.717, 1.165) is 0 Å². The van der Waals surface area contributed by atoms with Gasteiger partial charge in [0.2, 0.25) is 0 Å². The van der Waals surface area contributed by atoms with Crippen LogP contribution >= 0.6 is 15.9 Å². The van der Waals surface area contributed by atoms with Crippen molar-refractivity contribution in [2.24, 2.45) is 5.41 Å². The van der Waals surface area contributed by atoms with Gasteiger partial charge in [-0.05, 0) is 35.8 Å². The lowest BCUT2D eigenvalue weighted by Gasteiger charge is -2.35. The maximum Gasteiger partial charge on any atom is 0.00375 e. The zero-order valence-electron chi connectivity index (χ0n) is 16.2. The minimum atomic E-state index is 0.374. The van der Waals surface area contributed by atoms with Crippen molar-refractivity contribution in [2.75, 3.05) is 0 Å². The Kier molecular flexibility index (Phi) is 9.03. The van der Waals surface area contributed by atoms with E-state index in [1.165, 1.54) is 86.2 Å². The highest BCUT2D eigenvalue weighted by molar-refractivity contribution is 9.11. The summed E-state index contributed by atoms with van der Waals surface area (Å²) >= 11 is 3.94. The van der Waals surface area contributed by atoms with Crippen LogP contribution in [0.4, 0.5) is 0 Å². The molecular weight excluding hydrogens is 368 g/mol. The third-order valence-corrected chi connectivity index (χ3v) is 6.25. The first-order chi connectivity index (χ1) is 12.2. The molecule has 1 aromatic rings. The number of rotatable bonds is 11. The highest BCUT2D eigenvalue weighted by atomic mass is 79.9. The Morgan fingerprint density at radius 2 is 1.44 bits per heavy atom. The fourth-order valence-corrected chi connectivity index (χ4v) is 4.88. The molecule has 138 valence electrons. The second-order valence-electron chi connectivity index (χ2n) is 7.68. The standard InChI is InChI=1S/C24H35Br/c1-3-5-7-12-17-24(18-13-8-6-4-2)19-16-22(23(25)20-24)21-14-10-9-11-15-21/h9-11,14-16,19H,3-8,12-13,17-18,20H2,1-2H3. The SMILES string of the molecule is CCCCCCC1(CCCCCC)C=CC(c2ccccc2)=C(Br)C1. The van der Waals surface area contributed by atoms with Crippen molar-refractivity contribution in [1.82, 2.24) is 0 Å². The summed E-state index contributed by atoms with van der Waals surface area (Å²) in [6.07, 6.45) is 19.7. The van der Waals surface area contributed by atoms with Crippen molar-refractivity contribution in [2.45, 2.75) is 84.5 Å². The molecule has 1 aliphatic rings. The Hall–Kier alpha value is -0.820. The second-order valence-corrected chi connectivity index (χ2v) is 8.64. The summed E-state index contributed by atoms with van der Waals surface area (Å²) in [5, 5.41) is 0. The molecule has 0 bridgehead atoms. The number of benzene rings is 1. The Bertz CT molecular complexity index is 541. The largest absolute Gasteiger partial charge is 0.0773 e. The van der Waals surface area contributed by atoms with Crippen LogP contribution in [0.5, 0.6) is 0 Å². The van der Waals surface area contributed by atoms with E-state index in [1.807, 2.05) is 0 Å². The van der Waals surface area contributed by atoms with E-state index in [-0.39, 0.29) is 0 Å². The van der Waals surface area contributed by atoms with Crippen LogP contribution in [0.15, 0.2) is 47.0 Å². The highest BCUT2D eigenvalue weighted by Gasteiger charge is 2.30. The molecule has 0 fully saturated rings. The molecule has 2 rings (SSSR count). The zero-order chi connectivity index (χ0) is 18.0. The monoisotopic (exact) mass is 402 g/mol. The van der Waals surface area contributed by atoms with Crippen LogP contribution < -0.4 is 0 Å². The summed E-state index contributed by atoms with van der Waals surface area (Å²) in [5.74, 6) is 0. The number of hydrogen-bond donors (Lipinski definition) is 0. The summed E-state index contributed by atoms with van der Waals surface area (Å²) in [5.41, 5.74) is 3.08. The lowest BCUT2D eigenvalue weighted by atomic mass is 9.72. The first kappa shape index (κ1) is 20.5. The van der Waals surface area contributed by atoms with Gasteiger partial charge in [-0.1, -0.05) is 124 Å². The predicted molar refractivity (Wildman–Crippen MR) is 116 cm³/mol. The van der Waals surface area contributed by atoms with Crippen LogP contribution in [0, 0.1) is 5.41 Å². The first-order valence-electron chi connectivity index (χ1n) is 10.3. The molecular formula is C24H35Br. The molecule has 0 N–H and O–H groups in total. The predicted octanol–water partition coefficient (Wildman–Crippen LogP) is 8.68. The number of allylic oxidation sites excluding steroid dienone is 4. The minimum absolute atomic E-state index is 0.374. The highest BCUT2D eigenvalue weighted by Crippen LogP contribution is 2.46. The Morgan fingerprint density at radius 1 is 0.840 bits per heavy atom. The van der Waals surface area contributed by atoms with E-state index in [9.17, 15) is 0 Å². The molecule has 0 saturated heterocycles. The maximum atomic E-state index is 3.94. The third-order valence-electron chi connectivity index (χ3n) is 5.54. The summed E-state index contributed by atoms with van der Waals surface area (Å²) in [4.78, 5) is 0. The molecule has 1 heteroatoms. The number of halogens is 1. The molecule has 0 radical (unpaired) electrons. The Morgan fingerprint density at radius 3 is 1.96 bits per heavy atom. The lowest BCUT2D eigenvalue weighted by Crippen LogP contribution is -2.21. The van der Waals surface area contributed by atoms with Gasteiger partial charge in [-0.25, -0.2) is 0 Å². The molecule has 25 heavy (non-hydrogen) atoms. The zero-order valence-corrected chi connectivity index (χ0v) is 17.8. The van der Waals surface area contributed by atoms with E-state index in [1.54, 1.807) is 0 Å². The average Bonchev–Trinajstić information content (AvgIpc) is 2.63. The lowest BCUT2D eigenvalue weighted by molar-refractivity contribution is 0.296. The van der Waals surface area contributed by atoms with Gasteiger partial charge in [0, 0.05) is 4.48 Å². The smallest absolute Gasteiger partial charge is 0.00375 e. The third kappa shape index (κ3) is 6.44. The van der Waals surface area contributed by atoms with Crippen molar-refractivity contribution in [3.05, 3.63) is 52.5 Å². The summed E-state index contributed by atoms with van der Waals surface area (Å²) in [6.45, 7) is 4.60. The quantitative estimate of drug-likeness (QED) is 0.324. The van der Waals surface area contributed by atoms with E-state index >= 15 is 0 Å². The van der Waals surface area contributed by atoms with Gasteiger partial charge in [0.05, 0.1) is 0 Å². The van der Waals surface area contributed by atoms with Gasteiger partial charge in [0.25, 0.3) is 0 Å². The molecule has 0 aliphatic heterocycles. The molecule has 0 heterocycles. The van der Waals surface area contributed by atoms with Crippen molar-refractivity contribution in [1.29, 1.82) is 0 Å². The van der Waals surface area contributed by atoms with Gasteiger partial charge in [0.15, 0.2) is 0 Å². The summed E-state index contributed by atoms with van der Waals surface area (Å²) in [6, 6.07) is 10.8. The van der Waals surface area contributed by atoms with Crippen LogP contribution in [-0.2, 0) is 0 Å². The van der Waals surface area contributed by atoms with Crippen LogP contribution in [0.1, 0.15) is 90.0 Å². The van der Waals surface area contributed by atoms with Gasteiger partial charge >= 0.3 is 0 Å². The minimum Gasteiger partial charge on any atom is -0.0773 e. The average molecular weight is 403 g/mol. The Balaban J connectivity index is 2.06. The van der Waals surface area contributed by atoms with Crippen molar-refractivity contribution in [3.63, 3.8) is 0 Å². The molecule has 0 saturated carbocycles. The fourth-order valence-electron chi connectivity index (χ4n) is 3.96. The number of unbranched alkanes of at least 4 members (excludes halogenated alkanes) is 6. The van der Waals surface area contributed by atoms with Gasteiger partial charge in [-0.15, -0.1) is 0 Å². The first-order valence-corrected chi connectivity index (χ1v) is 11.1. The van der Waals surface area contributed by atoms with Crippen molar-refractivity contribution in [3.8, 4) is 0 Å². The van der Waals surface area contributed by atoms with Gasteiger partial charge in [-0.2, -0.15) is 0 Å². The fraction of sp³-hybridized carbons (Fsp3) is 0.583. The molecule has 0 aromatic heterocycles. The van der Waals surface area contributed by atoms with E-state index < -0.39 is 0 Å². The summed E-state index contributed by atoms with van der Waals surface area (Å²) < 4.78 is 1.40. The molecule has 0 atom stereocenters. The van der Waals surface area contributed by atoms with Crippen molar-refractivity contribution >= 4 is 21.5 Å². The van der Waals surface area contributed by atoms with E-state index in [2.05, 4.69) is 72.3 Å². The van der Waals surface area contributed by atoms with E-state index in [4.69, 9.17) is 0 Å². The maximum absolute atomic E-state index is 3.94. The molecule has 0 unspecified atom stereocenters. The molecule has 0 spiro atoms. The second kappa shape index (κ2) is 11.0. The van der Waals surface area contributed by atoms with Crippen LogP contribution in [0.3, 0.4) is 0 Å². The van der Waals surface area contributed by atoms with Gasteiger partial charge in [-0.3, -0.25) is 0 Å².